The van der Waals surface area contributed by atoms with Crippen molar-refractivity contribution in [1.29, 1.82) is 0 Å². The van der Waals surface area contributed by atoms with Crippen molar-refractivity contribution in [2.45, 2.75) is 19.8 Å². The lowest BCUT2D eigenvalue weighted by Crippen LogP contribution is -2.38. The van der Waals surface area contributed by atoms with E-state index < -0.39 is 11.6 Å². The first-order chi connectivity index (χ1) is 15.5. The van der Waals surface area contributed by atoms with Gasteiger partial charge in [0.05, 0.1) is 0 Å². The van der Waals surface area contributed by atoms with Crippen molar-refractivity contribution < 1.29 is 13.6 Å². The number of rotatable bonds is 8. The molecule has 2 aromatic carbocycles. The predicted octanol–water partition coefficient (Wildman–Crippen LogP) is 2.95. The molecule has 6 nitrogen and oxygen atoms in total. The van der Waals surface area contributed by atoms with Gasteiger partial charge in [-0.05, 0) is 55.5 Å². The summed E-state index contributed by atoms with van der Waals surface area (Å²) in [7, 11) is 1.62. The molecule has 1 atom stereocenters. The molecule has 1 amide bonds. The van der Waals surface area contributed by atoms with Crippen LogP contribution in [0.1, 0.15) is 29.3 Å². The minimum Gasteiger partial charge on any atom is -0.371 e. The van der Waals surface area contributed by atoms with E-state index in [1.165, 1.54) is 12.1 Å². The molecule has 3 N–H and O–H groups in total. The maximum Gasteiger partial charge on any atom is 0.251 e. The van der Waals surface area contributed by atoms with E-state index in [-0.39, 0.29) is 5.91 Å². The first-order valence-electron chi connectivity index (χ1n) is 11.0. The summed E-state index contributed by atoms with van der Waals surface area (Å²) < 4.78 is 26.7. The van der Waals surface area contributed by atoms with E-state index in [2.05, 4.69) is 20.9 Å². The summed E-state index contributed by atoms with van der Waals surface area (Å²) in [5, 5.41) is 9.24. The molecule has 0 radical (unpaired) electrons. The van der Waals surface area contributed by atoms with Crippen molar-refractivity contribution in [3.05, 3.63) is 65.2 Å². The lowest BCUT2D eigenvalue weighted by molar-refractivity contribution is 0.0963. The highest BCUT2D eigenvalue weighted by Gasteiger charge is 2.23. The molecule has 1 fully saturated rings. The largest absolute Gasteiger partial charge is 0.371 e. The van der Waals surface area contributed by atoms with E-state index in [0.717, 1.165) is 44.0 Å². The Balaban J connectivity index is 1.50. The maximum absolute atomic E-state index is 13.5. The highest BCUT2D eigenvalue weighted by molar-refractivity contribution is 5.94. The van der Waals surface area contributed by atoms with Crippen LogP contribution in [0.15, 0.2) is 47.5 Å². The summed E-state index contributed by atoms with van der Waals surface area (Å²) in [5.74, 6) is -0.632. The third kappa shape index (κ3) is 6.42. The number of carbonyl (C=O) groups excluding carboxylic acids is 1. The third-order valence-electron chi connectivity index (χ3n) is 5.53. The minimum absolute atomic E-state index is 0.0938. The maximum atomic E-state index is 13.5. The number of amides is 1. The van der Waals surface area contributed by atoms with Crippen LogP contribution in [0.2, 0.25) is 0 Å². The molecule has 0 bridgehead atoms. The molecule has 32 heavy (non-hydrogen) atoms. The SMILES string of the molecule is CCNC(=NCC1CCN(c2ccc(F)c(F)c2)C1)NCCc1cccc(C(=O)NC)c1. The number of hydrogen-bond acceptors (Lipinski definition) is 3. The minimum atomic E-state index is -0.823. The molecule has 2 aromatic rings. The first kappa shape index (κ1) is 23.5. The molecule has 0 aromatic heterocycles. The van der Waals surface area contributed by atoms with Gasteiger partial charge in [0.15, 0.2) is 17.6 Å². The van der Waals surface area contributed by atoms with Crippen LogP contribution >= 0.6 is 0 Å². The van der Waals surface area contributed by atoms with Gasteiger partial charge in [-0.15, -0.1) is 0 Å². The van der Waals surface area contributed by atoms with Crippen molar-refractivity contribution in [3.63, 3.8) is 0 Å². The lowest BCUT2D eigenvalue weighted by atomic mass is 10.1. The number of benzene rings is 2. The molecular weight excluding hydrogens is 412 g/mol. The number of nitrogens with one attached hydrogen (secondary N) is 3. The van der Waals surface area contributed by atoms with Crippen molar-refractivity contribution in [2.75, 3.05) is 44.7 Å². The Morgan fingerprint density at radius 3 is 2.75 bits per heavy atom. The Morgan fingerprint density at radius 2 is 2.00 bits per heavy atom. The van der Waals surface area contributed by atoms with E-state index >= 15 is 0 Å². The second kappa shape index (κ2) is 11.5. The molecule has 1 aliphatic heterocycles. The topological polar surface area (TPSA) is 68.8 Å². The first-order valence-corrected chi connectivity index (χ1v) is 11.0. The zero-order chi connectivity index (χ0) is 22.9. The van der Waals surface area contributed by atoms with Gasteiger partial charge in [-0.25, -0.2) is 8.78 Å². The number of anilines is 1. The van der Waals surface area contributed by atoms with Gasteiger partial charge in [-0.2, -0.15) is 0 Å². The van der Waals surface area contributed by atoms with Crippen molar-refractivity contribution in [2.24, 2.45) is 10.9 Å². The third-order valence-corrected chi connectivity index (χ3v) is 5.53. The van der Waals surface area contributed by atoms with Gasteiger partial charge >= 0.3 is 0 Å². The van der Waals surface area contributed by atoms with Crippen molar-refractivity contribution >= 4 is 17.6 Å². The smallest absolute Gasteiger partial charge is 0.251 e. The summed E-state index contributed by atoms with van der Waals surface area (Å²) in [6, 6.07) is 11.6. The number of guanidine groups is 1. The van der Waals surface area contributed by atoms with Gasteiger partial charge in [0.1, 0.15) is 0 Å². The Morgan fingerprint density at radius 1 is 1.16 bits per heavy atom. The zero-order valence-corrected chi connectivity index (χ0v) is 18.6. The van der Waals surface area contributed by atoms with Gasteiger partial charge < -0.3 is 20.9 Å². The van der Waals surface area contributed by atoms with Gasteiger partial charge in [0.2, 0.25) is 0 Å². The quantitative estimate of drug-likeness (QED) is 0.434. The van der Waals surface area contributed by atoms with E-state index in [0.29, 0.717) is 30.3 Å². The number of carbonyl (C=O) groups is 1. The average molecular weight is 444 g/mol. The predicted molar refractivity (Wildman–Crippen MR) is 124 cm³/mol. The number of halogens is 2. The highest BCUT2D eigenvalue weighted by Crippen LogP contribution is 2.25. The molecule has 0 saturated carbocycles. The summed E-state index contributed by atoms with van der Waals surface area (Å²) in [6.45, 7) is 5.68. The van der Waals surface area contributed by atoms with Gasteiger partial charge in [-0.3, -0.25) is 9.79 Å². The lowest BCUT2D eigenvalue weighted by Gasteiger charge is -2.18. The Kier molecular flexibility index (Phi) is 8.41. The number of aliphatic imine (C=N–C) groups is 1. The zero-order valence-electron chi connectivity index (χ0n) is 18.6. The summed E-state index contributed by atoms with van der Waals surface area (Å²) in [5.41, 5.74) is 2.43. The molecule has 8 heteroatoms. The fraction of sp³-hybridized carbons (Fsp3) is 0.417. The second-order valence-corrected chi connectivity index (χ2v) is 7.88. The van der Waals surface area contributed by atoms with Crippen molar-refractivity contribution in [3.8, 4) is 0 Å². The number of hydrogen-bond donors (Lipinski definition) is 3. The Bertz CT molecular complexity index is 950. The normalized spacial score (nSPS) is 16.2. The van der Waals surface area contributed by atoms with Crippen LogP contribution < -0.4 is 20.9 Å². The highest BCUT2D eigenvalue weighted by atomic mass is 19.2. The molecule has 1 heterocycles. The van der Waals surface area contributed by atoms with Gasteiger partial charge in [-0.1, -0.05) is 12.1 Å². The van der Waals surface area contributed by atoms with Crippen LogP contribution in [0.5, 0.6) is 0 Å². The summed E-state index contributed by atoms with van der Waals surface area (Å²) in [6.07, 6.45) is 1.72. The van der Waals surface area contributed by atoms with Crippen LogP contribution in [0.4, 0.5) is 14.5 Å². The molecule has 1 aliphatic rings. The van der Waals surface area contributed by atoms with Crippen LogP contribution in [0.25, 0.3) is 0 Å². The van der Waals surface area contributed by atoms with Crippen LogP contribution in [-0.2, 0) is 6.42 Å². The fourth-order valence-electron chi connectivity index (χ4n) is 3.80. The number of nitrogens with zero attached hydrogens (tertiary/aromatic N) is 2. The fourth-order valence-corrected chi connectivity index (χ4v) is 3.80. The van der Waals surface area contributed by atoms with Gasteiger partial charge in [0.25, 0.3) is 5.91 Å². The van der Waals surface area contributed by atoms with E-state index in [1.54, 1.807) is 19.2 Å². The standard InChI is InChI=1S/C24H31F2N5O/c1-3-28-24(29-11-9-17-5-4-6-19(13-17)23(32)27-2)30-15-18-10-12-31(16-18)20-7-8-21(25)22(26)14-20/h4-8,13-14,18H,3,9-12,15-16H2,1-2H3,(H,27,32)(H2,28,29,30). The van der Waals surface area contributed by atoms with E-state index in [1.807, 2.05) is 25.1 Å². The molecule has 0 spiro atoms. The monoisotopic (exact) mass is 443 g/mol. The molecule has 0 aliphatic carbocycles. The average Bonchev–Trinajstić information content (AvgIpc) is 3.28. The van der Waals surface area contributed by atoms with E-state index in [4.69, 9.17) is 4.99 Å². The van der Waals surface area contributed by atoms with E-state index in [9.17, 15) is 13.6 Å². The molecular formula is C24H31F2N5O. The molecule has 1 unspecified atom stereocenters. The molecule has 3 rings (SSSR count). The molecule has 172 valence electrons. The van der Waals surface area contributed by atoms with Crippen molar-refractivity contribution in [1.82, 2.24) is 16.0 Å². The Hall–Kier alpha value is -3.16. The Labute approximate surface area is 188 Å². The van der Waals surface area contributed by atoms with Crippen LogP contribution in [0, 0.1) is 17.6 Å². The second-order valence-electron chi connectivity index (χ2n) is 7.88. The summed E-state index contributed by atoms with van der Waals surface area (Å²) >= 11 is 0. The summed E-state index contributed by atoms with van der Waals surface area (Å²) in [4.78, 5) is 18.6. The van der Waals surface area contributed by atoms with Gasteiger partial charge in [0, 0.05) is 57.1 Å². The van der Waals surface area contributed by atoms with Crippen LogP contribution in [0.3, 0.4) is 0 Å². The molecule has 1 saturated heterocycles. The van der Waals surface area contributed by atoms with Crippen LogP contribution in [-0.4, -0.2) is 51.6 Å².